The molecule has 0 amide bonds. The number of ether oxygens (including phenoxy) is 2. The summed E-state index contributed by atoms with van der Waals surface area (Å²) in [6.07, 6.45) is -1.61. The van der Waals surface area contributed by atoms with Gasteiger partial charge in [-0.2, -0.15) is 0 Å². The molecule has 4 atom stereocenters. The van der Waals surface area contributed by atoms with E-state index in [9.17, 15) is 9.59 Å². The van der Waals surface area contributed by atoms with Crippen molar-refractivity contribution in [2.75, 3.05) is 0 Å². The smallest absolute Gasteiger partial charge is 0.338 e. The molecule has 4 nitrogen and oxygen atoms in total. The van der Waals surface area contributed by atoms with Gasteiger partial charge in [0.25, 0.3) is 0 Å². The molecule has 0 heterocycles. The first-order valence-corrected chi connectivity index (χ1v) is 13.2. The Hall–Kier alpha value is -3.60. The molecule has 0 saturated carbocycles. The van der Waals surface area contributed by atoms with Gasteiger partial charge in [0.2, 0.25) is 0 Å². The number of esters is 2. The van der Waals surface area contributed by atoms with Crippen LogP contribution >= 0.6 is 23.2 Å². The van der Waals surface area contributed by atoms with Gasteiger partial charge in [0.1, 0.15) is 6.10 Å². The molecule has 0 aliphatic heterocycles. The highest BCUT2D eigenvalue weighted by atomic mass is 35.5. The van der Waals surface area contributed by atoms with Gasteiger partial charge in [-0.05, 0) is 77.7 Å². The van der Waals surface area contributed by atoms with Gasteiger partial charge in [-0.25, -0.2) is 9.59 Å². The second kappa shape index (κ2) is 11.0. The molecule has 3 unspecified atom stereocenters. The third-order valence-electron chi connectivity index (χ3n) is 7.10. The van der Waals surface area contributed by atoms with Crippen LogP contribution in [0.25, 0.3) is 0 Å². The van der Waals surface area contributed by atoms with E-state index < -0.39 is 30.1 Å². The molecule has 0 aromatic heterocycles. The molecule has 6 heteroatoms. The lowest BCUT2D eigenvalue weighted by molar-refractivity contribution is -0.0532. The Labute approximate surface area is 232 Å². The average Bonchev–Trinajstić information content (AvgIpc) is 2.93. The Bertz CT molecular complexity index is 1470. The van der Waals surface area contributed by atoms with E-state index in [-0.39, 0.29) is 5.92 Å². The van der Waals surface area contributed by atoms with Gasteiger partial charge >= 0.3 is 11.9 Å². The lowest BCUT2D eigenvalue weighted by Gasteiger charge is -2.42. The van der Waals surface area contributed by atoms with Gasteiger partial charge in [0.15, 0.2) is 6.10 Å². The zero-order valence-corrected chi connectivity index (χ0v) is 22.4. The fourth-order valence-corrected chi connectivity index (χ4v) is 5.54. The van der Waals surface area contributed by atoms with E-state index in [1.54, 1.807) is 48.5 Å². The van der Waals surface area contributed by atoms with Crippen LogP contribution in [-0.2, 0) is 9.47 Å². The van der Waals surface area contributed by atoms with Gasteiger partial charge in [-0.1, -0.05) is 78.7 Å². The van der Waals surface area contributed by atoms with Gasteiger partial charge < -0.3 is 9.47 Å². The van der Waals surface area contributed by atoms with E-state index >= 15 is 0 Å². The zero-order chi connectivity index (χ0) is 26.8. The summed E-state index contributed by atoms with van der Waals surface area (Å²) in [6, 6.07) is 28.9. The first-order chi connectivity index (χ1) is 18.3. The van der Waals surface area contributed by atoms with E-state index in [4.69, 9.17) is 32.7 Å². The number of hydrogen-bond donors (Lipinski definition) is 0. The van der Waals surface area contributed by atoms with Crippen molar-refractivity contribution in [3.05, 3.63) is 140 Å². The van der Waals surface area contributed by atoms with Crippen molar-refractivity contribution >= 4 is 35.1 Å². The average molecular weight is 545 g/mol. The Morgan fingerprint density at radius 3 is 1.71 bits per heavy atom. The van der Waals surface area contributed by atoms with Gasteiger partial charge in [0, 0.05) is 16.0 Å². The van der Waals surface area contributed by atoms with Crippen molar-refractivity contribution in [1.82, 2.24) is 0 Å². The van der Waals surface area contributed by atoms with E-state index in [0.29, 0.717) is 21.2 Å². The molecule has 0 fully saturated rings. The summed E-state index contributed by atoms with van der Waals surface area (Å²) in [5.74, 6) is -1.74. The lowest BCUT2D eigenvalue weighted by atomic mass is 9.70. The maximum absolute atomic E-state index is 13.4. The van der Waals surface area contributed by atoms with Crippen molar-refractivity contribution < 1.29 is 19.1 Å². The maximum Gasteiger partial charge on any atom is 0.338 e. The highest BCUT2D eigenvalue weighted by Gasteiger charge is 2.47. The van der Waals surface area contributed by atoms with E-state index in [1.807, 2.05) is 62.4 Å². The molecule has 4 aromatic rings. The SMILES string of the molecule is Cc1ccc(Cl)cc1[C@H]1c2ccc(Cl)cc2C(C)C(OC(=O)c2ccccc2)C1OC(=O)c1ccccc1. The van der Waals surface area contributed by atoms with Gasteiger partial charge in [-0.3, -0.25) is 0 Å². The molecule has 0 saturated heterocycles. The summed E-state index contributed by atoms with van der Waals surface area (Å²) in [5, 5.41) is 1.13. The minimum Gasteiger partial charge on any atom is -0.454 e. The van der Waals surface area contributed by atoms with Crippen LogP contribution in [0.1, 0.15) is 61.7 Å². The van der Waals surface area contributed by atoms with Crippen molar-refractivity contribution in [1.29, 1.82) is 0 Å². The number of carbonyl (C=O) groups excluding carboxylic acids is 2. The summed E-state index contributed by atoms with van der Waals surface area (Å²) in [7, 11) is 0. The fourth-order valence-electron chi connectivity index (χ4n) is 5.18. The monoisotopic (exact) mass is 544 g/mol. The molecule has 192 valence electrons. The molecular weight excluding hydrogens is 519 g/mol. The van der Waals surface area contributed by atoms with Crippen molar-refractivity contribution in [3.8, 4) is 0 Å². The third kappa shape index (κ3) is 5.20. The molecule has 0 bridgehead atoms. The third-order valence-corrected chi connectivity index (χ3v) is 7.57. The first kappa shape index (κ1) is 26.0. The highest BCUT2D eigenvalue weighted by Crippen LogP contribution is 2.47. The summed E-state index contributed by atoms with van der Waals surface area (Å²) in [5.41, 5.74) is 4.57. The molecule has 4 aromatic carbocycles. The normalized spacial score (nSPS) is 20.3. The lowest BCUT2D eigenvalue weighted by Crippen LogP contribution is -2.46. The Morgan fingerprint density at radius 1 is 0.632 bits per heavy atom. The Morgan fingerprint density at radius 2 is 1.13 bits per heavy atom. The molecule has 0 spiro atoms. The second-order valence-electron chi connectivity index (χ2n) is 9.51. The van der Waals surface area contributed by atoms with E-state index in [2.05, 4.69) is 0 Å². The first-order valence-electron chi connectivity index (χ1n) is 12.4. The number of halogens is 2. The fraction of sp³-hybridized carbons (Fsp3) is 0.188. The topological polar surface area (TPSA) is 52.6 Å². The van der Waals surface area contributed by atoms with E-state index in [0.717, 1.165) is 22.3 Å². The standard InChI is InChI=1S/C32H26Cl2O4/c1-19-13-14-23(33)17-26(19)28-25-16-15-24(34)18-27(25)20(2)29(37-31(35)21-9-5-3-6-10-21)30(28)38-32(36)22-11-7-4-8-12-22/h3-18,20,28-30H,1-2H3/t20?,28-,29?,30?/m1/s1. The maximum atomic E-state index is 13.4. The number of aryl methyl sites for hydroxylation is 1. The zero-order valence-electron chi connectivity index (χ0n) is 20.9. The largest absolute Gasteiger partial charge is 0.454 e. The summed E-state index contributed by atoms with van der Waals surface area (Å²) in [6.45, 7) is 3.95. The number of fused-ring (bicyclic) bond motifs is 1. The van der Waals surface area contributed by atoms with Crippen LogP contribution in [0.15, 0.2) is 97.1 Å². The predicted octanol–water partition coefficient (Wildman–Crippen LogP) is 8.00. The van der Waals surface area contributed by atoms with Crippen LogP contribution in [0.5, 0.6) is 0 Å². The molecule has 0 N–H and O–H groups in total. The van der Waals surface area contributed by atoms with Gasteiger partial charge in [-0.15, -0.1) is 0 Å². The Balaban J connectivity index is 1.66. The summed E-state index contributed by atoms with van der Waals surface area (Å²) < 4.78 is 12.4. The van der Waals surface area contributed by atoms with Crippen LogP contribution in [0.4, 0.5) is 0 Å². The summed E-state index contributed by atoms with van der Waals surface area (Å²) >= 11 is 12.9. The van der Waals surface area contributed by atoms with Crippen LogP contribution in [0.3, 0.4) is 0 Å². The van der Waals surface area contributed by atoms with Crippen molar-refractivity contribution in [2.24, 2.45) is 0 Å². The van der Waals surface area contributed by atoms with Crippen LogP contribution in [0, 0.1) is 6.92 Å². The van der Waals surface area contributed by atoms with Crippen molar-refractivity contribution in [2.45, 2.75) is 37.9 Å². The van der Waals surface area contributed by atoms with Gasteiger partial charge in [0.05, 0.1) is 17.0 Å². The molecule has 1 aliphatic rings. The number of carbonyl (C=O) groups is 2. The van der Waals surface area contributed by atoms with Crippen LogP contribution < -0.4 is 0 Å². The van der Waals surface area contributed by atoms with Crippen molar-refractivity contribution in [3.63, 3.8) is 0 Å². The van der Waals surface area contributed by atoms with E-state index in [1.165, 1.54) is 0 Å². The van der Waals surface area contributed by atoms with Crippen LogP contribution in [0.2, 0.25) is 10.0 Å². The number of hydrogen-bond acceptors (Lipinski definition) is 4. The minimum absolute atomic E-state index is 0.305. The second-order valence-corrected chi connectivity index (χ2v) is 10.4. The number of benzene rings is 4. The quantitative estimate of drug-likeness (QED) is 0.239. The predicted molar refractivity (Wildman–Crippen MR) is 149 cm³/mol. The molecule has 0 radical (unpaired) electrons. The highest BCUT2D eigenvalue weighted by molar-refractivity contribution is 6.31. The summed E-state index contributed by atoms with van der Waals surface area (Å²) in [4.78, 5) is 26.7. The molecule has 38 heavy (non-hydrogen) atoms. The minimum atomic E-state index is -0.823. The molecule has 1 aliphatic carbocycles. The molecular formula is C32H26Cl2O4. The number of rotatable bonds is 5. The Kier molecular flexibility index (Phi) is 7.55. The molecule has 5 rings (SSSR count). The van der Waals surface area contributed by atoms with Crippen LogP contribution in [-0.4, -0.2) is 24.1 Å².